The lowest BCUT2D eigenvalue weighted by atomic mass is 10.1. The largest absolute Gasteiger partial charge is 0.397 e. The van der Waals surface area contributed by atoms with Crippen LogP contribution < -0.4 is 5.73 Å². The van der Waals surface area contributed by atoms with Gasteiger partial charge in [-0.15, -0.1) is 0 Å². The van der Waals surface area contributed by atoms with E-state index in [0.29, 0.717) is 0 Å². The molecule has 2 N–H and O–H groups in total. The summed E-state index contributed by atoms with van der Waals surface area (Å²) in [6.07, 6.45) is 1.79. The fourth-order valence-corrected chi connectivity index (χ4v) is 2.50. The van der Waals surface area contributed by atoms with E-state index in [9.17, 15) is 0 Å². The van der Waals surface area contributed by atoms with Crippen molar-refractivity contribution in [2.75, 3.05) is 5.73 Å². The highest BCUT2D eigenvalue weighted by atomic mass is 127. The zero-order chi connectivity index (χ0) is 10.3. The maximum atomic E-state index is 5.99. The molecule has 1 aromatic heterocycles. The van der Waals surface area contributed by atoms with E-state index in [0.717, 1.165) is 24.6 Å². The number of benzene rings is 1. The van der Waals surface area contributed by atoms with Crippen LogP contribution in [0.5, 0.6) is 0 Å². The molecule has 0 atom stereocenters. The Bertz CT molecular complexity index is 511. The lowest BCUT2D eigenvalue weighted by Crippen LogP contribution is -1.94. The summed E-state index contributed by atoms with van der Waals surface area (Å²) in [6.45, 7) is 2.05. The number of rotatable bonds is 0. The van der Waals surface area contributed by atoms with Crippen molar-refractivity contribution < 1.29 is 0 Å². The molecule has 1 heterocycles. The van der Waals surface area contributed by atoms with Crippen molar-refractivity contribution in [3.63, 3.8) is 0 Å². The van der Waals surface area contributed by atoms with Crippen molar-refractivity contribution in [1.29, 1.82) is 0 Å². The second-order valence-electron chi connectivity index (χ2n) is 3.16. The topological polar surface area (TPSA) is 38.9 Å². The average molecular weight is 363 g/mol. The van der Waals surface area contributed by atoms with Crippen LogP contribution >= 0.6 is 38.5 Å². The van der Waals surface area contributed by atoms with E-state index in [1.807, 2.05) is 13.0 Å². The van der Waals surface area contributed by atoms with Gasteiger partial charge in [0.25, 0.3) is 0 Å². The van der Waals surface area contributed by atoms with Gasteiger partial charge in [-0.1, -0.05) is 0 Å². The van der Waals surface area contributed by atoms with Crippen LogP contribution in [0.1, 0.15) is 5.56 Å². The minimum absolute atomic E-state index is 0.806. The summed E-state index contributed by atoms with van der Waals surface area (Å²) in [7, 11) is 0. The summed E-state index contributed by atoms with van der Waals surface area (Å²) in [4.78, 5) is 4.35. The molecule has 2 aromatic rings. The number of nitrogens with zero attached hydrogens (tertiary/aromatic N) is 1. The smallest absolute Gasteiger partial charge is 0.0865 e. The molecule has 0 aliphatic carbocycles. The summed E-state index contributed by atoms with van der Waals surface area (Å²) in [5, 5.41) is 1.02. The fourth-order valence-electron chi connectivity index (χ4n) is 1.39. The van der Waals surface area contributed by atoms with Crippen LogP contribution in [0.15, 0.2) is 22.8 Å². The molecule has 72 valence electrons. The zero-order valence-electron chi connectivity index (χ0n) is 7.51. The lowest BCUT2D eigenvalue weighted by Gasteiger charge is -2.06. The average Bonchev–Trinajstić information content (AvgIpc) is 2.12. The third kappa shape index (κ3) is 1.61. The van der Waals surface area contributed by atoms with Crippen molar-refractivity contribution in [3.8, 4) is 0 Å². The Labute approximate surface area is 104 Å². The molecule has 2 rings (SSSR count). The molecule has 2 nitrogen and oxygen atoms in total. The van der Waals surface area contributed by atoms with Crippen LogP contribution in [0.3, 0.4) is 0 Å². The number of hydrogen-bond acceptors (Lipinski definition) is 2. The van der Waals surface area contributed by atoms with Gasteiger partial charge in [0.1, 0.15) is 0 Å². The summed E-state index contributed by atoms with van der Waals surface area (Å²) >= 11 is 5.68. The highest BCUT2D eigenvalue weighted by Crippen LogP contribution is 2.30. The van der Waals surface area contributed by atoms with Crippen LogP contribution in [0, 0.1) is 10.5 Å². The zero-order valence-corrected chi connectivity index (χ0v) is 11.3. The van der Waals surface area contributed by atoms with E-state index in [-0.39, 0.29) is 0 Å². The molecule has 0 amide bonds. The maximum absolute atomic E-state index is 5.99. The molecule has 0 fully saturated rings. The third-order valence-corrected chi connectivity index (χ3v) is 3.53. The van der Waals surface area contributed by atoms with E-state index >= 15 is 0 Å². The van der Waals surface area contributed by atoms with Crippen molar-refractivity contribution >= 4 is 55.1 Å². The number of nitrogens with two attached hydrogens (primary N) is 1. The standard InChI is InChI=1S/C10H8BrIN2/c1-5-2-6-9(13)8(12)4-14-10(6)7(11)3-5/h2-4H,1H3,(H2,13,14). The highest BCUT2D eigenvalue weighted by Gasteiger charge is 2.06. The second kappa shape index (κ2) is 3.66. The minimum Gasteiger partial charge on any atom is -0.397 e. The van der Waals surface area contributed by atoms with Gasteiger partial charge in [0.05, 0.1) is 14.8 Å². The molecular weight excluding hydrogens is 355 g/mol. The number of pyridine rings is 1. The van der Waals surface area contributed by atoms with Crippen molar-refractivity contribution in [3.05, 3.63) is 31.9 Å². The number of hydrogen-bond donors (Lipinski definition) is 1. The first kappa shape index (κ1) is 10.2. The minimum atomic E-state index is 0.806. The Morgan fingerprint density at radius 3 is 2.86 bits per heavy atom. The van der Waals surface area contributed by atoms with E-state index in [4.69, 9.17) is 5.73 Å². The number of anilines is 1. The van der Waals surface area contributed by atoms with Gasteiger partial charge in [0.2, 0.25) is 0 Å². The Kier molecular flexibility index (Phi) is 2.66. The van der Waals surface area contributed by atoms with Crippen LogP contribution in [0.2, 0.25) is 0 Å². The van der Waals surface area contributed by atoms with E-state index in [2.05, 4.69) is 49.6 Å². The highest BCUT2D eigenvalue weighted by molar-refractivity contribution is 14.1. The quantitative estimate of drug-likeness (QED) is 0.728. The van der Waals surface area contributed by atoms with E-state index < -0.39 is 0 Å². The van der Waals surface area contributed by atoms with Gasteiger partial charge in [-0.3, -0.25) is 4.98 Å². The van der Waals surface area contributed by atoms with E-state index in [1.165, 1.54) is 5.56 Å². The van der Waals surface area contributed by atoms with Crippen molar-refractivity contribution in [2.45, 2.75) is 6.92 Å². The van der Waals surface area contributed by atoms with Gasteiger partial charge in [0.15, 0.2) is 0 Å². The first-order valence-electron chi connectivity index (χ1n) is 4.09. The molecule has 0 saturated heterocycles. The monoisotopic (exact) mass is 362 g/mol. The van der Waals surface area contributed by atoms with Gasteiger partial charge < -0.3 is 5.73 Å². The predicted molar refractivity (Wildman–Crippen MR) is 71.3 cm³/mol. The molecule has 14 heavy (non-hydrogen) atoms. The van der Waals surface area contributed by atoms with E-state index in [1.54, 1.807) is 6.20 Å². The summed E-state index contributed by atoms with van der Waals surface area (Å²) in [5.41, 5.74) is 8.90. The Balaban J connectivity index is 2.95. The molecule has 4 heteroatoms. The van der Waals surface area contributed by atoms with Crippen LogP contribution in [0.25, 0.3) is 10.9 Å². The van der Waals surface area contributed by atoms with Gasteiger partial charge in [-0.05, 0) is 63.1 Å². The number of aromatic nitrogens is 1. The molecule has 0 aliphatic rings. The molecule has 0 aliphatic heterocycles. The number of halogens is 2. The van der Waals surface area contributed by atoms with Gasteiger partial charge in [-0.25, -0.2) is 0 Å². The third-order valence-electron chi connectivity index (χ3n) is 2.06. The molecule has 0 spiro atoms. The van der Waals surface area contributed by atoms with Gasteiger partial charge in [0, 0.05) is 16.1 Å². The summed E-state index contributed by atoms with van der Waals surface area (Å²) in [6, 6.07) is 4.10. The Hall–Kier alpha value is -0.360. The Morgan fingerprint density at radius 2 is 2.14 bits per heavy atom. The SMILES string of the molecule is Cc1cc(Br)c2ncc(I)c(N)c2c1. The van der Waals surface area contributed by atoms with Crippen LogP contribution in [-0.2, 0) is 0 Å². The molecular formula is C10H8BrIN2. The lowest BCUT2D eigenvalue weighted by molar-refractivity contribution is 1.36. The van der Waals surface area contributed by atoms with Crippen molar-refractivity contribution in [2.24, 2.45) is 0 Å². The first-order valence-corrected chi connectivity index (χ1v) is 5.96. The molecule has 0 bridgehead atoms. The molecule has 1 aromatic carbocycles. The summed E-state index contributed by atoms with van der Waals surface area (Å²) < 4.78 is 1.99. The second-order valence-corrected chi connectivity index (χ2v) is 5.18. The van der Waals surface area contributed by atoms with Crippen LogP contribution in [-0.4, -0.2) is 4.98 Å². The number of aryl methyl sites for hydroxylation is 1. The Morgan fingerprint density at radius 1 is 1.43 bits per heavy atom. The van der Waals surface area contributed by atoms with Crippen LogP contribution in [0.4, 0.5) is 5.69 Å². The van der Waals surface area contributed by atoms with Crippen molar-refractivity contribution in [1.82, 2.24) is 4.98 Å². The predicted octanol–water partition coefficient (Wildman–Crippen LogP) is 3.49. The first-order chi connectivity index (χ1) is 6.59. The number of nitrogen functional groups attached to an aromatic ring is 1. The molecule has 0 radical (unpaired) electrons. The molecule has 0 saturated carbocycles. The van der Waals surface area contributed by atoms with Gasteiger partial charge in [-0.2, -0.15) is 0 Å². The fraction of sp³-hybridized carbons (Fsp3) is 0.100. The van der Waals surface area contributed by atoms with Gasteiger partial charge >= 0.3 is 0 Å². The normalized spacial score (nSPS) is 10.8. The summed E-state index contributed by atoms with van der Waals surface area (Å²) in [5.74, 6) is 0. The molecule has 0 unspecified atom stereocenters. The maximum Gasteiger partial charge on any atom is 0.0865 e. The number of fused-ring (bicyclic) bond motifs is 1.